The van der Waals surface area contributed by atoms with Gasteiger partial charge in [0.1, 0.15) is 0 Å². The van der Waals surface area contributed by atoms with E-state index in [1.807, 2.05) is 24.3 Å². The van der Waals surface area contributed by atoms with Crippen LogP contribution in [0, 0.1) is 0 Å². The maximum Gasteiger partial charge on any atom is 0.160 e. The Hall–Kier alpha value is -8.14. The molecule has 0 aliphatic heterocycles. The first-order valence-electron chi connectivity index (χ1n) is 20.8. The van der Waals surface area contributed by atoms with Gasteiger partial charge >= 0.3 is 0 Å². The van der Waals surface area contributed by atoms with E-state index in [2.05, 4.69) is 205 Å². The van der Waals surface area contributed by atoms with Crippen LogP contribution in [0.15, 0.2) is 224 Å². The average molecular weight is 776 g/mol. The van der Waals surface area contributed by atoms with E-state index in [-0.39, 0.29) is 0 Å². The topological polar surface area (TPSA) is 30.2 Å². The van der Waals surface area contributed by atoms with Crippen molar-refractivity contribution in [1.82, 2.24) is 14.4 Å². The predicted molar refractivity (Wildman–Crippen MR) is 255 cm³/mol. The van der Waals surface area contributed by atoms with E-state index in [9.17, 15) is 0 Å². The van der Waals surface area contributed by atoms with Crippen LogP contribution in [-0.2, 0) is 0 Å². The second-order valence-corrected chi connectivity index (χ2v) is 15.8. The molecule has 0 saturated heterocycles. The van der Waals surface area contributed by atoms with Gasteiger partial charge in [-0.05, 0) is 80.9 Å². The highest BCUT2D eigenvalue weighted by atomic mass is 14.9. The first-order valence-corrected chi connectivity index (χ1v) is 20.8. The molecule has 3 heteroatoms. The Morgan fingerprint density at radius 1 is 0.246 bits per heavy atom. The van der Waals surface area contributed by atoms with Gasteiger partial charge in [-0.2, -0.15) is 0 Å². The Balaban J connectivity index is 0.917. The van der Waals surface area contributed by atoms with E-state index in [0.29, 0.717) is 5.82 Å². The number of fused-ring (bicyclic) bond motifs is 6. The molecule has 12 aromatic rings. The van der Waals surface area contributed by atoms with Gasteiger partial charge in [-0.15, -0.1) is 0 Å². The van der Waals surface area contributed by atoms with Crippen molar-refractivity contribution in [1.29, 1.82) is 0 Å². The molecule has 12 rings (SSSR count). The van der Waals surface area contributed by atoms with Crippen molar-refractivity contribution in [2.45, 2.75) is 0 Å². The molecule has 284 valence electrons. The highest BCUT2D eigenvalue weighted by Gasteiger charge is 2.19. The standard InChI is InChI=1S/C58H37N3/c1-4-14-38(15-5-1)46-28-30-49-51-26-13-27-52-50-31-29-47(36-56(50)61(57(51)52)55(49)35-46)44-23-11-21-42(33-44)41-20-10-22-43(32-41)45-24-12-25-48(34-45)54-37-53(39-16-6-2-7-17-39)59-58(60-54)40-18-8-3-9-19-40/h1-37H. The minimum atomic E-state index is 0.712. The molecular weight excluding hydrogens is 739 g/mol. The normalized spacial score (nSPS) is 11.6. The molecule has 0 aliphatic carbocycles. The lowest BCUT2D eigenvalue weighted by Gasteiger charge is -2.12. The summed E-state index contributed by atoms with van der Waals surface area (Å²) in [5.41, 5.74) is 18.1. The molecule has 0 fully saturated rings. The van der Waals surface area contributed by atoms with Crippen molar-refractivity contribution in [2.24, 2.45) is 0 Å². The highest BCUT2D eigenvalue weighted by molar-refractivity contribution is 6.23. The van der Waals surface area contributed by atoms with E-state index in [4.69, 9.17) is 9.97 Å². The molecule has 0 atom stereocenters. The zero-order valence-corrected chi connectivity index (χ0v) is 33.2. The second-order valence-electron chi connectivity index (χ2n) is 15.8. The average Bonchev–Trinajstić information content (AvgIpc) is 3.87. The smallest absolute Gasteiger partial charge is 0.160 e. The molecular formula is C58H37N3. The van der Waals surface area contributed by atoms with E-state index in [0.717, 1.165) is 39.2 Å². The molecule has 0 N–H and O–H groups in total. The molecule has 9 aromatic carbocycles. The van der Waals surface area contributed by atoms with E-state index in [1.165, 1.54) is 71.5 Å². The molecule has 61 heavy (non-hydrogen) atoms. The Labute approximate surface area is 353 Å². The summed E-state index contributed by atoms with van der Waals surface area (Å²) < 4.78 is 2.49. The van der Waals surface area contributed by atoms with Crippen molar-refractivity contribution in [3.63, 3.8) is 0 Å². The van der Waals surface area contributed by atoms with Crippen molar-refractivity contribution in [3.05, 3.63) is 224 Å². The number of hydrogen-bond donors (Lipinski definition) is 0. The molecule has 3 heterocycles. The number of benzene rings is 9. The highest BCUT2D eigenvalue weighted by Crippen LogP contribution is 2.42. The summed E-state index contributed by atoms with van der Waals surface area (Å²) in [5.74, 6) is 0.712. The molecule has 0 amide bonds. The zero-order valence-electron chi connectivity index (χ0n) is 33.2. The molecule has 0 saturated carbocycles. The fourth-order valence-electron chi connectivity index (χ4n) is 9.15. The molecule has 3 aromatic heterocycles. The minimum absolute atomic E-state index is 0.712. The lowest BCUT2D eigenvalue weighted by Crippen LogP contribution is -1.96. The SMILES string of the molecule is c1ccc(-c2ccc3c4cccc5c6ccc(-c7cccc(-c8cccc(-c9cccc(-c%10cc(-c%11ccccc%11)nc(-c%11ccccc%11)n%10)c9)c8)c7)cc6n(c3c2)c45)cc1. The molecule has 0 bridgehead atoms. The Kier molecular flexibility index (Phi) is 8.17. The van der Waals surface area contributed by atoms with Crippen LogP contribution in [0.1, 0.15) is 0 Å². The van der Waals surface area contributed by atoms with Crippen LogP contribution in [0.2, 0.25) is 0 Å². The number of hydrogen-bond acceptors (Lipinski definition) is 2. The number of para-hydroxylation sites is 1. The maximum atomic E-state index is 5.10. The van der Waals surface area contributed by atoms with Gasteiger partial charge in [-0.3, -0.25) is 0 Å². The van der Waals surface area contributed by atoms with Gasteiger partial charge in [0, 0.05) is 38.2 Å². The van der Waals surface area contributed by atoms with Crippen molar-refractivity contribution >= 4 is 38.1 Å². The van der Waals surface area contributed by atoms with Gasteiger partial charge in [0.25, 0.3) is 0 Å². The van der Waals surface area contributed by atoms with Crippen LogP contribution >= 0.6 is 0 Å². The Morgan fingerprint density at radius 2 is 0.623 bits per heavy atom. The first kappa shape index (κ1) is 34.9. The molecule has 0 aliphatic rings. The summed E-state index contributed by atoms with van der Waals surface area (Å²) >= 11 is 0. The quantitative estimate of drug-likeness (QED) is 0.161. The summed E-state index contributed by atoms with van der Waals surface area (Å²) in [5, 5.41) is 5.14. The third-order valence-electron chi connectivity index (χ3n) is 12.1. The van der Waals surface area contributed by atoms with Crippen LogP contribution in [0.3, 0.4) is 0 Å². The summed E-state index contributed by atoms with van der Waals surface area (Å²) in [6, 6.07) is 80.4. The van der Waals surface area contributed by atoms with Gasteiger partial charge < -0.3 is 4.40 Å². The lowest BCUT2D eigenvalue weighted by atomic mass is 9.95. The van der Waals surface area contributed by atoms with Gasteiger partial charge in [0.05, 0.1) is 27.9 Å². The van der Waals surface area contributed by atoms with Crippen molar-refractivity contribution < 1.29 is 0 Å². The van der Waals surface area contributed by atoms with Crippen LogP contribution in [0.5, 0.6) is 0 Å². The van der Waals surface area contributed by atoms with E-state index >= 15 is 0 Å². The van der Waals surface area contributed by atoms with E-state index < -0.39 is 0 Å². The van der Waals surface area contributed by atoms with Gasteiger partial charge in [0.15, 0.2) is 5.82 Å². The van der Waals surface area contributed by atoms with Crippen LogP contribution in [-0.4, -0.2) is 14.4 Å². The molecule has 0 radical (unpaired) electrons. The van der Waals surface area contributed by atoms with Gasteiger partial charge in [-0.25, -0.2) is 9.97 Å². The summed E-state index contributed by atoms with van der Waals surface area (Å²) in [6.07, 6.45) is 0. The third-order valence-corrected chi connectivity index (χ3v) is 12.1. The third kappa shape index (κ3) is 6.06. The van der Waals surface area contributed by atoms with Crippen LogP contribution in [0.4, 0.5) is 0 Å². The molecule has 0 spiro atoms. The fourth-order valence-corrected chi connectivity index (χ4v) is 9.15. The number of nitrogens with zero attached hydrogens (tertiary/aromatic N) is 3. The van der Waals surface area contributed by atoms with Crippen LogP contribution in [0.25, 0.3) is 117 Å². The lowest BCUT2D eigenvalue weighted by molar-refractivity contribution is 1.18. The summed E-state index contributed by atoms with van der Waals surface area (Å²) in [7, 11) is 0. The Bertz CT molecular complexity index is 3510. The minimum Gasteiger partial charge on any atom is -0.308 e. The zero-order chi connectivity index (χ0) is 40.3. The largest absolute Gasteiger partial charge is 0.308 e. The number of rotatable bonds is 7. The van der Waals surface area contributed by atoms with Crippen molar-refractivity contribution in [2.75, 3.05) is 0 Å². The van der Waals surface area contributed by atoms with Crippen LogP contribution < -0.4 is 0 Å². The summed E-state index contributed by atoms with van der Waals surface area (Å²) in [6.45, 7) is 0. The summed E-state index contributed by atoms with van der Waals surface area (Å²) in [4.78, 5) is 10.1. The van der Waals surface area contributed by atoms with Gasteiger partial charge in [0.2, 0.25) is 0 Å². The maximum absolute atomic E-state index is 5.10. The van der Waals surface area contributed by atoms with Crippen molar-refractivity contribution in [3.8, 4) is 78.4 Å². The monoisotopic (exact) mass is 775 g/mol. The fraction of sp³-hybridized carbons (Fsp3) is 0. The van der Waals surface area contributed by atoms with Gasteiger partial charge in [-0.1, -0.05) is 188 Å². The first-order chi connectivity index (χ1) is 30.2. The molecule has 3 nitrogen and oxygen atoms in total. The predicted octanol–water partition coefficient (Wildman–Crippen LogP) is 15.3. The van der Waals surface area contributed by atoms with E-state index in [1.54, 1.807) is 0 Å². The second kappa shape index (κ2) is 14.3. The number of aromatic nitrogens is 3. The Morgan fingerprint density at radius 3 is 1.15 bits per heavy atom. The molecule has 0 unspecified atom stereocenters.